The van der Waals surface area contributed by atoms with Gasteiger partial charge in [-0.05, 0) is 39.0 Å². The number of allylic oxidation sites excluding steroid dienone is 1. The van der Waals surface area contributed by atoms with E-state index in [4.69, 9.17) is 4.52 Å². The normalized spacial score (nSPS) is 30.9. The molecule has 0 radical (unpaired) electrons. The molecule has 0 aromatic heterocycles. The van der Waals surface area contributed by atoms with Crippen molar-refractivity contribution < 1.29 is 9.09 Å². The zero-order chi connectivity index (χ0) is 14.0. The lowest BCUT2D eigenvalue weighted by atomic mass is 10.0. The van der Waals surface area contributed by atoms with Gasteiger partial charge in [-0.15, -0.1) is 5.73 Å². The molecule has 1 saturated heterocycles. The average Bonchev–Trinajstić information content (AvgIpc) is 2.63. The summed E-state index contributed by atoms with van der Waals surface area (Å²) >= 11 is 0. The molecule has 0 aliphatic carbocycles. The Morgan fingerprint density at radius 2 is 2.00 bits per heavy atom. The van der Waals surface area contributed by atoms with Crippen molar-refractivity contribution in [2.45, 2.75) is 32.9 Å². The number of nitrogens with zero attached hydrogens (tertiary/aromatic N) is 1. The van der Waals surface area contributed by atoms with Crippen molar-refractivity contribution in [2.24, 2.45) is 0 Å². The molecule has 4 heteroatoms. The monoisotopic (exact) mass is 277 g/mol. The van der Waals surface area contributed by atoms with Gasteiger partial charge < -0.3 is 4.52 Å². The Bertz CT molecular complexity index is 557. The van der Waals surface area contributed by atoms with Gasteiger partial charge in [0.1, 0.15) is 6.10 Å². The summed E-state index contributed by atoms with van der Waals surface area (Å²) in [6, 6.07) is 10.0. The molecule has 1 heterocycles. The second-order valence-electron chi connectivity index (χ2n) is 5.09. The predicted octanol–water partition coefficient (Wildman–Crippen LogP) is 4.35. The van der Waals surface area contributed by atoms with E-state index >= 15 is 0 Å². The van der Waals surface area contributed by atoms with Gasteiger partial charge >= 0.3 is 7.52 Å². The lowest BCUT2D eigenvalue weighted by Gasteiger charge is -2.18. The molecule has 0 saturated carbocycles. The van der Waals surface area contributed by atoms with Crippen molar-refractivity contribution in [2.75, 3.05) is 7.05 Å². The minimum Gasteiger partial charge on any atom is -0.304 e. The third kappa shape index (κ3) is 2.91. The molecule has 0 bridgehead atoms. The Kier molecular flexibility index (Phi) is 4.13. The van der Waals surface area contributed by atoms with Crippen LogP contribution in [0.1, 0.15) is 32.4 Å². The van der Waals surface area contributed by atoms with Gasteiger partial charge in [0.25, 0.3) is 0 Å². The van der Waals surface area contributed by atoms with E-state index in [1.165, 1.54) is 0 Å². The van der Waals surface area contributed by atoms with Gasteiger partial charge in [-0.25, -0.2) is 4.67 Å². The molecule has 1 aromatic rings. The largest absolute Gasteiger partial charge is 0.304 e. The van der Waals surface area contributed by atoms with Crippen LogP contribution in [0.25, 0.3) is 0 Å². The second kappa shape index (κ2) is 5.48. The first-order valence-corrected chi connectivity index (χ1v) is 8.06. The van der Waals surface area contributed by atoms with Gasteiger partial charge in [0.2, 0.25) is 0 Å². The van der Waals surface area contributed by atoms with Crippen molar-refractivity contribution in [3.05, 3.63) is 53.0 Å². The maximum absolute atomic E-state index is 12.8. The van der Waals surface area contributed by atoms with E-state index < -0.39 is 7.52 Å². The molecule has 3 atom stereocenters. The van der Waals surface area contributed by atoms with Crippen LogP contribution in [0, 0.1) is 0 Å². The summed E-state index contributed by atoms with van der Waals surface area (Å²) in [6.45, 7) is 5.89. The zero-order valence-corrected chi connectivity index (χ0v) is 12.7. The number of benzene rings is 1. The fourth-order valence-corrected chi connectivity index (χ4v) is 4.15. The van der Waals surface area contributed by atoms with E-state index in [0.29, 0.717) is 0 Å². The first-order chi connectivity index (χ1) is 8.94. The molecule has 1 aliphatic heterocycles. The van der Waals surface area contributed by atoms with Crippen LogP contribution in [0.4, 0.5) is 0 Å². The van der Waals surface area contributed by atoms with Gasteiger partial charge in [-0.3, -0.25) is 4.57 Å². The molecule has 0 amide bonds. The summed E-state index contributed by atoms with van der Waals surface area (Å²) < 4.78 is 20.5. The van der Waals surface area contributed by atoms with Gasteiger partial charge in [-0.2, -0.15) is 0 Å². The summed E-state index contributed by atoms with van der Waals surface area (Å²) in [5.41, 5.74) is 5.06. The highest BCUT2D eigenvalue weighted by molar-refractivity contribution is 7.60. The van der Waals surface area contributed by atoms with Crippen molar-refractivity contribution in [3.63, 3.8) is 0 Å². The lowest BCUT2D eigenvalue weighted by Crippen LogP contribution is -2.22. The summed E-state index contributed by atoms with van der Waals surface area (Å²) in [5.74, 6) is 1.59. The molecular weight excluding hydrogens is 257 g/mol. The molecule has 19 heavy (non-hydrogen) atoms. The van der Waals surface area contributed by atoms with E-state index in [-0.39, 0.29) is 12.1 Å². The zero-order valence-electron chi connectivity index (χ0n) is 11.8. The first-order valence-electron chi connectivity index (χ1n) is 6.41. The molecule has 1 aromatic carbocycles. The van der Waals surface area contributed by atoms with Crippen molar-refractivity contribution in [1.29, 1.82) is 0 Å². The number of likely N-dealkylation sites (N-methyl/N-ethyl adjacent to an activating group) is 1. The molecule has 2 rings (SSSR count). The van der Waals surface area contributed by atoms with Crippen molar-refractivity contribution >= 4 is 7.52 Å². The summed E-state index contributed by atoms with van der Waals surface area (Å²) in [5, 5.41) is 0. The highest BCUT2D eigenvalue weighted by Gasteiger charge is 2.44. The standard InChI is InChI=1S/C15H20NO2P/c1-12(2)10-11-19(17)16(4)13(3)15(18-19)14-8-6-5-7-9-14/h5-9,11,13,15H,1-4H3. The maximum Gasteiger partial charge on any atom is 0.303 e. The third-order valence-electron chi connectivity index (χ3n) is 3.38. The average molecular weight is 277 g/mol. The molecule has 3 unspecified atom stereocenters. The molecular formula is C15H20NO2P. The van der Waals surface area contributed by atoms with E-state index in [2.05, 4.69) is 5.73 Å². The number of hydrogen-bond donors (Lipinski definition) is 0. The van der Waals surface area contributed by atoms with E-state index in [1.54, 1.807) is 5.82 Å². The van der Waals surface area contributed by atoms with Gasteiger partial charge in [0.05, 0.1) is 5.82 Å². The van der Waals surface area contributed by atoms with Crippen molar-refractivity contribution in [3.8, 4) is 0 Å². The van der Waals surface area contributed by atoms with Crippen LogP contribution in [0.15, 0.2) is 47.5 Å². The summed E-state index contributed by atoms with van der Waals surface area (Å²) in [7, 11) is -1.07. The van der Waals surface area contributed by atoms with E-state index in [0.717, 1.165) is 11.1 Å². The fraction of sp³-hybridized carbons (Fsp3) is 0.400. The van der Waals surface area contributed by atoms with Crippen LogP contribution in [0.3, 0.4) is 0 Å². The Morgan fingerprint density at radius 1 is 1.37 bits per heavy atom. The molecule has 1 fully saturated rings. The maximum atomic E-state index is 12.8. The fourth-order valence-electron chi connectivity index (χ4n) is 2.09. The van der Waals surface area contributed by atoms with Crippen LogP contribution in [0.2, 0.25) is 0 Å². The predicted molar refractivity (Wildman–Crippen MR) is 78.0 cm³/mol. The Labute approximate surface area is 115 Å². The third-order valence-corrected chi connectivity index (χ3v) is 5.60. The van der Waals surface area contributed by atoms with Crippen LogP contribution in [-0.2, 0) is 9.09 Å². The minimum absolute atomic E-state index is 0.0726. The quantitative estimate of drug-likeness (QED) is 0.594. The Balaban J connectivity index is 2.34. The Hall–Kier alpha value is -1.11. The topological polar surface area (TPSA) is 29.5 Å². The van der Waals surface area contributed by atoms with Crippen LogP contribution in [-0.4, -0.2) is 17.8 Å². The van der Waals surface area contributed by atoms with Crippen LogP contribution in [0.5, 0.6) is 0 Å². The summed E-state index contributed by atoms with van der Waals surface area (Å²) in [6.07, 6.45) is -0.160. The lowest BCUT2D eigenvalue weighted by molar-refractivity contribution is 0.212. The minimum atomic E-state index is -2.92. The number of rotatable bonds is 2. The molecule has 102 valence electrons. The van der Waals surface area contributed by atoms with E-state index in [9.17, 15) is 4.57 Å². The molecule has 0 spiro atoms. The SMILES string of the molecule is CC(C)=C=CP1(=O)OC(c2ccccc2)C(C)N1C. The van der Waals surface area contributed by atoms with Gasteiger partial charge in [0.15, 0.2) is 0 Å². The number of hydrogen-bond acceptors (Lipinski definition) is 2. The molecule has 0 N–H and O–H groups in total. The summed E-state index contributed by atoms with van der Waals surface area (Å²) in [4.78, 5) is 0. The van der Waals surface area contributed by atoms with Crippen LogP contribution >= 0.6 is 7.52 Å². The first kappa shape index (κ1) is 14.3. The van der Waals surface area contributed by atoms with Crippen LogP contribution < -0.4 is 0 Å². The second-order valence-corrected chi connectivity index (χ2v) is 7.32. The van der Waals surface area contributed by atoms with Crippen molar-refractivity contribution in [1.82, 2.24) is 4.67 Å². The highest BCUT2D eigenvalue weighted by atomic mass is 31.2. The van der Waals surface area contributed by atoms with Gasteiger partial charge in [-0.1, -0.05) is 30.3 Å². The van der Waals surface area contributed by atoms with E-state index in [1.807, 2.05) is 62.8 Å². The highest BCUT2D eigenvalue weighted by Crippen LogP contribution is 2.62. The smallest absolute Gasteiger partial charge is 0.303 e. The van der Waals surface area contributed by atoms with Gasteiger partial charge in [0, 0.05) is 6.04 Å². The molecule has 1 aliphatic rings. The molecule has 3 nitrogen and oxygen atoms in total. The Morgan fingerprint density at radius 3 is 2.58 bits per heavy atom.